The van der Waals surface area contributed by atoms with Crippen LogP contribution in [0.3, 0.4) is 0 Å². The van der Waals surface area contributed by atoms with Gasteiger partial charge >= 0.3 is 0 Å². The summed E-state index contributed by atoms with van der Waals surface area (Å²) >= 11 is 0. The van der Waals surface area contributed by atoms with Gasteiger partial charge in [0.2, 0.25) is 0 Å². The first kappa shape index (κ1) is 13.3. The highest BCUT2D eigenvalue weighted by Gasteiger charge is 2.23. The average Bonchev–Trinajstić information content (AvgIpc) is 2.98. The maximum Gasteiger partial charge on any atom is 0.0991 e. The number of hydrogen-bond acceptors (Lipinski definition) is 3. The lowest BCUT2D eigenvalue weighted by Gasteiger charge is -2.34. The van der Waals surface area contributed by atoms with Crippen LogP contribution in [0.4, 0.5) is 0 Å². The Bertz CT molecular complexity index is 535. The van der Waals surface area contributed by atoms with Gasteiger partial charge in [-0.05, 0) is 36.6 Å². The zero-order valence-electron chi connectivity index (χ0n) is 11.8. The van der Waals surface area contributed by atoms with E-state index in [1.807, 2.05) is 10.8 Å². The molecule has 106 valence electrons. The molecule has 1 saturated heterocycles. The summed E-state index contributed by atoms with van der Waals surface area (Å²) in [4.78, 5) is 6.39. The number of rotatable bonds is 3. The van der Waals surface area contributed by atoms with Crippen LogP contribution in [0.1, 0.15) is 18.9 Å². The minimum atomic E-state index is -0.186. The number of likely N-dealkylation sites (tertiary alicyclic amines) is 1. The first-order valence-corrected chi connectivity index (χ1v) is 7.20. The van der Waals surface area contributed by atoms with Crippen molar-refractivity contribution < 1.29 is 5.11 Å². The Labute approximate surface area is 119 Å². The van der Waals surface area contributed by atoms with Crippen LogP contribution in [-0.2, 0) is 6.54 Å². The topological polar surface area (TPSA) is 41.3 Å². The normalized spacial score (nSPS) is 23.9. The molecule has 0 bridgehead atoms. The number of nitrogens with zero attached hydrogens (tertiary/aromatic N) is 3. The Kier molecular flexibility index (Phi) is 3.85. The van der Waals surface area contributed by atoms with E-state index < -0.39 is 0 Å². The van der Waals surface area contributed by atoms with Crippen molar-refractivity contribution in [2.24, 2.45) is 5.92 Å². The summed E-state index contributed by atoms with van der Waals surface area (Å²) in [7, 11) is 0. The third-order valence-electron chi connectivity index (χ3n) is 4.15. The molecule has 4 nitrogen and oxygen atoms in total. The highest BCUT2D eigenvalue weighted by Crippen LogP contribution is 2.19. The van der Waals surface area contributed by atoms with Crippen LogP contribution in [0.2, 0.25) is 0 Å². The highest BCUT2D eigenvalue weighted by atomic mass is 16.3. The van der Waals surface area contributed by atoms with Crippen molar-refractivity contribution in [2.45, 2.75) is 26.0 Å². The molecule has 4 heteroatoms. The first-order chi connectivity index (χ1) is 9.72. The molecule has 2 atom stereocenters. The van der Waals surface area contributed by atoms with Gasteiger partial charge in [-0.1, -0.05) is 19.1 Å². The predicted octanol–water partition coefficient (Wildman–Crippen LogP) is 2.08. The molecule has 2 unspecified atom stereocenters. The van der Waals surface area contributed by atoms with Crippen LogP contribution in [-0.4, -0.2) is 38.8 Å². The predicted molar refractivity (Wildman–Crippen MR) is 78.6 cm³/mol. The lowest BCUT2D eigenvalue weighted by molar-refractivity contribution is 0.0259. The van der Waals surface area contributed by atoms with Gasteiger partial charge < -0.3 is 9.67 Å². The van der Waals surface area contributed by atoms with E-state index in [2.05, 4.69) is 41.1 Å². The van der Waals surface area contributed by atoms with Crippen LogP contribution in [0.25, 0.3) is 5.69 Å². The molecule has 1 aliphatic rings. The van der Waals surface area contributed by atoms with Crippen molar-refractivity contribution in [1.29, 1.82) is 0 Å². The number of piperidine rings is 1. The summed E-state index contributed by atoms with van der Waals surface area (Å²) in [5.41, 5.74) is 2.41. The Hall–Kier alpha value is -1.65. The fraction of sp³-hybridized carbons (Fsp3) is 0.438. The number of aliphatic hydroxyl groups is 1. The second-order valence-electron chi connectivity index (χ2n) is 5.70. The number of β-amino-alcohol motifs (C(OH)–C–C–N with tert-alkyl or cyclic N) is 1. The lowest BCUT2D eigenvalue weighted by Crippen LogP contribution is -2.42. The minimum Gasteiger partial charge on any atom is -0.392 e. The van der Waals surface area contributed by atoms with Gasteiger partial charge in [-0.25, -0.2) is 4.98 Å². The molecule has 0 saturated carbocycles. The summed E-state index contributed by atoms with van der Waals surface area (Å²) in [5.74, 6) is 0.426. The Morgan fingerprint density at radius 3 is 2.75 bits per heavy atom. The summed E-state index contributed by atoms with van der Waals surface area (Å²) in [6.45, 7) is 4.89. The van der Waals surface area contributed by atoms with E-state index in [-0.39, 0.29) is 6.10 Å². The van der Waals surface area contributed by atoms with Gasteiger partial charge in [0, 0.05) is 31.2 Å². The van der Waals surface area contributed by atoms with Crippen LogP contribution >= 0.6 is 0 Å². The van der Waals surface area contributed by atoms with E-state index >= 15 is 0 Å². The van der Waals surface area contributed by atoms with E-state index in [9.17, 15) is 5.11 Å². The van der Waals surface area contributed by atoms with Gasteiger partial charge in [-0.3, -0.25) is 4.90 Å². The maximum atomic E-state index is 9.94. The molecule has 1 N–H and O–H groups in total. The number of aliphatic hydroxyl groups excluding tert-OH is 1. The van der Waals surface area contributed by atoms with Gasteiger partial charge in [0.25, 0.3) is 0 Å². The third-order valence-corrected chi connectivity index (χ3v) is 4.15. The van der Waals surface area contributed by atoms with Gasteiger partial charge in [0.05, 0.1) is 12.4 Å². The molecule has 0 aliphatic carbocycles. The van der Waals surface area contributed by atoms with Crippen LogP contribution in [0.15, 0.2) is 43.0 Å². The molecule has 1 fully saturated rings. The summed E-state index contributed by atoms with van der Waals surface area (Å²) in [6, 6.07) is 8.53. The number of aromatic nitrogens is 2. The maximum absolute atomic E-state index is 9.94. The van der Waals surface area contributed by atoms with E-state index in [4.69, 9.17) is 0 Å². The average molecular weight is 271 g/mol. The smallest absolute Gasteiger partial charge is 0.0991 e. The highest BCUT2D eigenvalue weighted by molar-refractivity contribution is 5.34. The monoisotopic (exact) mass is 271 g/mol. The van der Waals surface area contributed by atoms with E-state index in [0.717, 1.165) is 31.7 Å². The Morgan fingerprint density at radius 1 is 1.30 bits per heavy atom. The zero-order chi connectivity index (χ0) is 13.9. The third kappa shape index (κ3) is 2.92. The molecule has 1 aliphatic heterocycles. The SMILES string of the molecule is CC1CCN(Cc2ccc(-n3ccnc3)cc2)CC1O. The van der Waals surface area contributed by atoms with Crippen molar-refractivity contribution in [2.75, 3.05) is 13.1 Å². The largest absolute Gasteiger partial charge is 0.392 e. The standard InChI is InChI=1S/C16H21N3O/c1-13-6-8-18(11-16(13)20)10-14-2-4-15(5-3-14)19-9-7-17-12-19/h2-5,7,9,12-13,16,20H,6,8,10-11H2,1H3. The molecule has 2 aromatic rings. The van der Waals surface area contributed by atoms with Gasteiger partial charge in [0.15, 0.2) is 0 Å². The molecule has 20 heavy (non-hydrogen) atoms. The van der Waals surface area contributed by atoms with Crippen molar-refractivity contribution in [1.82, 2.24) is 14.5 Å². The van der Waals surface area contributed by atoms with Crippen LogP contribution in [0, 0.1) is 5.92 Å². The van der Waals surface area contributed by atoms with Crippen LogP contribution in [0.5, 0.6) is 0 Å². The van der Waals surface area contributed by atoms with Gasteiger partial charge in [0.1, 0.15) is 0 Å². The molecule has 0 amide bonds. The summed E-state index contributed by atoms with van der Waals surface area (Å²) in [5, 5.41) is 9.94. The molecule has 3 rings (SSSR count). The van der Waals surface area contributed by atoms with Crippen molar-refractivity contribution in [3.8, 4) is 5.69 Å². The molecule has 0 spiro atoms. The molecular weight excluding hydrogens is 250 g/mol. The number of hydrogen-bond donors (Lipinski definition) is 1. The van der Waals surface area contributed by atoms with Gasteiger partial charge in [-0.2, -0.15) is 0 Å². The zero-order valence-corrected chi connectivity index (χ0v) is 11.8. The quantitative estimate of drug-likeness (QED) is 0.929. The number of benzene rings is 1. The number of imidazole rings is 1. The summed E-state index contributed by atoms with van der Waals surface area (Å²) in [6.07, 6.45) is 6.42. The Balaban J connectivity index is 1.64. The van der Waals surface area contributed by atoms with Crippen molar-refractivity contribution >= 4 is 0 Å². The second kappa shape index (κ2) is 5.77. The fourth-order valence-electron chi connectivity index (χ4n) is 2.70. The summed E-state index contributed by atoms with van der Waals surface area (Å²) < 4.78 is 2.00. The minimum absolute atomic E-state index is 0.186. The van der Waals surface area contributed by atoms with Crippen molar-refractivity contribution in [3.63, 3.8) is 0 Å². The molecule has 0 radical (unpaired) electrons. The second-order valence-corrected chi connectivity index (χ2v) is 5.70. The van der Waals surface area contributed by atoms with Crippen LogP contribution < -0.4 is 0 Å². The van der Waals surface area contributed by atoms with E-state index in [1.165, 1.54) is 5.56 Å². The lowest BCUT2D eigenvalue weighted by atomic mass is 9.96. The van der Waals surface area contributed by atoms with Crippen molar-refractivity contribution in [3.05, 3.63) is 48.5 Å². The molecular formula is C16H21N3O. The van der Waals surface area contributed by atoms with E-state index in [1.54, 1.807) is 12.5 Å². The first-order valence-electron chi connectivity index (χ1n) is 7.20. The molecule has 1 aromatic heterocycles. The van der Waals surface area contributed by atoms with E-state index in [0.29, 0.717) is 5.92 Å². The Morgan fingerprint density at radius 2 is 2.10 bits per heavy atom. The fourth-order valence-corrected chi connectivity index (χ4v) is 2.70. The molecule has 2 heterocycles. The molecule has 1 aromatic carbocycles. The van der Waals surface area contributed by atoms with Gasteiger partial charge in [-0.15, -0.1) is 0 Å².